The van der Waals surface area contributed by atoms with Gasteiger partial charge in [0.05, 0.1) is 0 Å². The van der Waals surface area contributed by atoms with E-state index in [1.165, 1.54) is 146 Å². The van der Waals surface area contributed by atoms with Gasteiger partial charge in [-0.1, -0.05) is 0 Å². The predicted molar refractivity (Wildman–Crippen MR) is 268 cm³/mol. The van der Waals surface area contributed by atoms with Crippen molar-refractivity contribution in [1.82, 2.24) is 0 Å². The third-order valence-electron chi connectivity index (χ3n) is 15.8. The van der Waals surface area contributed by atoms with E-state index in [4.69, 9.17) is 0 Å². The summed E-state index contributed by atoms with van der Waals surface area (Å²) in [6.07, 6.45) is 24.7. The van der Waals surface area contributed by atoms with Crippen LogP contribution in [0.3, 0.4) is 0 Å². The topological polar surface area (TPSA) is 0 Å². The molecule has 4 aliphatic rings. The second-order valence-electron chi connectivity index (χ2n) is 20.8. The monoisotopic (exact) mass is 904 g/mol. The molecule has 0 aromatic heterocycles. The van der Waals surface area contributed by atoms with Crippen LogP contribution in [-0.4, -0.2) is 6.88 Å². The van der Waals surface area contributed by atoms with E-state index in [1.807, 2.05) is 0 Å². The summed E-state index contributed by atoms with van der Waals surface area (Å²) in [5.41, 5.74) is 21.0. The first-order valence-electron chi connectivity index (χ1n) is 24.4. The summed E-state index contributed by atoms with van der Waals surface area (Å²) in [5, 5.41) is 0. The van der Waals surface area contributed by atoms with Gasteiger partial charge in [-0.05, 0) is 0 Å². The molecule has 2 fully saturated rings. The molecule has 0 spiro atoms. The van der Waals surface area contributed by atoms with Crippen LogP contribution in [0.25, 0.3) is 56.7 Å². The zero-order valence-electron chi connectivity index (χ0n) is 37.4. The minimum absolute atomic E-state index is 0.435. The number of benzene rings is 6. The minimum atomic E-state index is -4.24. The SMILES string of the molecule is [CH3][Zr]([CH3])(=[SiH2])([CH]1C(CC2CCCCCC2)=Cc2c(-c3ccccc3)ccc(-c3ccccc3)c21)[CH]1C(CC2CCCCCC2)=Cc2c(-c3ccccc3)ccc(-c3ccccc3)c21. The number of rotatable bonds is 10. The third kappa shape index (κ3) is 8.14. The molecule has 4 aliphatic carbocycles. The van der Waals surface area contributed by atoms with E-state index in [1.54, 1.807) is 22.3 Å². The van der Waals surface area contributed by atoms with Crippen molar-refractivity contribution in [2.24, 2.45) is 11.8 Å². The molecule has 2 saturated carbocycles. The Bertz CT molecular complexity index is 2470. The number of allylic oxidation sites excluding steroid dienone is 2. The van der Waals surface area contributed by atoms with Crippen LogP contribution < -0.4 is 0 Å². The van der Waals surface area contributed by atoms with Gasteiger partial charge in [0.15, 0.2) is 0 Å². The maximum absolute atomic E-state index is 4.24. The van der Waals surface area contributed by atoms with Crippen molar-refractivity contribution in [1.29, 1.82) is 0 Å². The summed E-state index contributed by atoms with van der Waals surface area (Å²) < 4.78 is 6.75. The van der Waals surface area contributed by atoms with Crippen molar-refractivity contribution in [3.63, 3.8) is 0 Å². The van der Waals surface area contributed by atoms with Gasteiger partial charge in [-0.3, -0.25) is 0 Å². The molecule has 2 unspecified atom stereocenters. The van der Waals surface area contributed by atoms with Crippen molar-refractivity contribution in [2.75, 3.05) is 0 Å². The maximum atomic E-state index is 2.94. The fourth-order valence-electron chi connectivity index (χ4n) is 13.1. The van der Waals surface area contributed by atoms with Crippen LogP contribution in [0, 0.1) is 11.8 Å². The van der Waals surface area contributed by atoms with E-state index >= 15 is 0 Å². The van der Waals surface area contributed by atoms with Crippen LogP contribution in [0.1, 0.15) is 119 Å². The summed E-state index contributed by atoms with van der Waals surface area (Å²) in [5.74, 6) is 1.52. The summed E-state index contributed by atoms with van der Waals surface area (Å²) in [6.45, 7) is 2.59. The quantitative estimate of drug-likeness (QED) is 0.0949. The van der Waals surface area contributed by atoms with E-state index in [-0.39, 0.29) is 0 Å². The van der Waals surface area contributed by atoms with Crippen LogP contribution >= 0.6 is 0 Å². The van der Waals surface area contributed by atoms with Gasteiger partial charge in [-0.2, -0.15) is 0 Å². The average Bonchev–Trinajstić information content (AvgIpc) is 3.64. The van der Waals surface area contributed by atoms with Crippen molar-refractivity contribution in [3.05, 3.63) is 179 Å². The van der Waals surface area contributed by atoms with Gasteiger partial charge in [0.25, 0.3) is 0 Å². The standard InChI is InChI=1S/2C29H29.2CH3.H2Si.Zr/c2*1-2-6-12-22(11-5-1)19-23-20-28-26(24-13-7-3-8-14-24)17-18-27(29(28)21-23)25-15-9-4-10-16-25;;;;/h2*3-4,7-10,13-18,20-22H,1-2,5-6,11-12,19H2;2*1H3;1H2;. The molecule has 2 heteroatoms. The van der Waals surface area contributed by atoms with Crippen LogP contribution in [0.4, 0.5) is 0 Å². The van der Waals surface area contributed by atoms with E-state index in [0.29, 0.717) is 7.25 Å². The second-order valence-corrected chi connectivity index (χ2v) is 51.3. The van der Waals surface area contributed by atoms with Crippen molar-refractivity contribution >= 4 is 19.0 Å². The molecule has 62 heavy (non-hydrogen) atoms. The number of fused-ring (bicyclic) bond motifs is 2. The predicted octanol–water partition coefficient (Wildman–Crippen LogP) is 17.0. The molecule has 0 aliphatic heterocycles. The Balaban J connectivity index is 1.25. The fourth-order valence-corrected chi connectivity index (χ4v) is 32.6. The first-order chi connectivity index (χ1) is 30.3. The van der Waals surface area contributed by atoms with E-state index in [2.05, 4.69) is 174 Å². The van der Waals surface area contributed by atoms with Crippen molar-refractivity contribution < 1.29 is 17.4 Å². The van der Waals surface area contributed by atoms with Gasteiger partial charge in [0.1, 0.15) is 0 Å². The van der Waals surface area contributed by atoms with Gasteiger partial charge in [-0.15, -0.1) is 0 Å². The first kappa shape index (κ1) is 41.9. The number of hydrogen-bond donors (Lipinski definition) is 0. The Kier molecular flexibility index (Phi) is 12.0. The Morgan fingerprint density at radius 1 is 0.387 bits per heavy atom. The summed E-state index contributed by atoms with van der Waals surface area (Å²) in [7, 11) is 0. The van der Waals surface area contributed by atoms with Crippen molar-refractivity contribution in [3.8, 4) is 44.5 Å². The second kappa shape index (κ2) is 17.8. The Morgan fingerprint density at radius 2 is 0.677 bits per heavy atom. The molecule has 0 bridgehead atoms. The van der Waals surface area contributed by atoms with Crippen LogP contribution in [0.5, 0.6) is 0 Å². The van der Waals surface area contributed by atoms with Gasteiger partial charge < -0.3 is 0 Å². The van der Waals surface area contributed by atoms with Gasteiger partial charge in [0, 0.05) is 0 Å². The first-order valence-corrected chi connectivity index (χ1v) is 38.0. The summed E-state index contributed by atoms with van der Waals surface area (Å²) >= 11 is -4.24. The summed E-state index contributed by atoms with van der Waals surface area (Å²) in [6, 6.07) is 55.6. The van der Waals surface area contributed by atoms with Gasteiger partial charge >= 0.3 is 378 Å². The molecule has 10 rings (SSSR count). The summed E-state index contributed by atoms with van der Waals surface area (Å²) in [4.78, 5) is 0. The molecule has 0 nitrogen and oxygen atoms in total. The zero-order valence-corrected chi connectivity index (χ0v) is 41.3. The molecule has 0 saturated heterocycles. The van der Waals surface area contributed by atoms with Crippen LogP contribution in [-0.2, 0) is 17.4 Å². The number of hydrogen-bond acceptors (Lipinski definition) is 0. The zero-order chi connectivity index (χ0) is 42.1. The van der Waals surface area contributed by atoms with Crippen molar-refractivity contribution in [2.45, 2.75) is 106 Å². The van der Waals surface area contributed by atoms with E-state index in [9.17, 15) is 0 Å². The molecule has 314 valence electrons. The molecule has 2 atom stereocenters. The van der Waals surface area contributed by atoms with E-state index < -0.39 is 17.4 Å². The fraction of sp³-hybridized carbons (Fsp3) is 0.333. The molecule has 6 aromatic carbocycles. The van der Waals surface area contributed by atoms with Crippen LogP contribution in [0.15, 0.2) is 157 Å². The molecular weight excluding hydrogens is 840 g/mol. The molecule has 0 radical (unpaired) electrons. The van der Waals surface area contributed by atoms with Gasteiger partial charge in [0.2, 0.25) is 0 Å². The molecule has 0 heterocycles. The van der Waals surface area contributed by atoms with E-state index in [0.717, 1.165) is 11.8 Å². The molecule has 0 N–H and O–H groups in total. The molecule has 6 aromatic rings. The van der Waals surface area contributed by atoms with Gasteiger partial charge in [-0.25, -0.2) is 0 Å². The van der Waals surface area contributed by atoms with Crippen LogP contribution in [0.2, 0.25) is 9.26 Å². The third-order valence-corrected chi connectivity index (χ3v) is 33.2. The Hall–Kier alpha value is -4.10. The Labute approximate surface area is 375 Å². The normalized spacial score (nSPS) is 19.9. The Morgan fingerprint density at radius 3 is 1.00 bits per heavy atom. The molecule has 0 amide bonds. The molecular formula is C60H66SiZr. The average molecular weight is 906 g/mol.